The van der Waals surface area contributed by atoms with Gasteiger partial charge in [-0.2, -0.15) is 8.78 Å². The van der Waals surface area contributed by atoms with Crippen molar-refractivity contribution < 1.29 is 26.0 Å². The molecule has 0 spiro atoms. The summed E-state index contributed by atoms with van der Waals surface area (Å²) in [5.41, 5.74) is 1.96. The highest BCUT2D eigenvalue weighted by Gasteiger charge is 2.41. The van der Waals surface area contributed by atoms with E-state index >= 15 is 0 Å². The lowest BCUT2D eigenvalue weighted by molar-refractivity contribution is -0.122. The fraction of sp³-hybridized carbons (Fsp3) is 0.375. The van der Waals surface area contributed by atoms with Crippen LogP contribution in [0.25, 0.3) is 0 Å². The Morgan fingerprint density at radius 2 is 2.05 bits per heavy atom. The molecule has 0 radical (unpaired) electrons. The van der Waals surface area contributed by atoms with Gasteiger partial charge >= 0.3 is 12.3 Å². The van der Waals surface area contributed by atoms with E-state index < -0.39 is 33.8 Å². The van der Waals surface area contributed by atoms with Crippen molar-refractivity contribution in [1.29, 1.82) is 0 Å². The van der Waals surface area contributed by atoms with Crippen LogP contribution >= 0.6 is 15.9 Å². The molecule has 0 saturated heterocycles. The molecule has 0 aliphatic heterocycles. The number of nitrogens with zero attached hydrogens (tertiary/aromatic N) is 1. The quantitative estimate of drug-likeness (QED) is 0.392. The average Bonchev–Trinajstić information content (AvgIpc) is 2.36. The standard InChI is InChI=1S/C8H9BrF4N4O2S/c9-4-1-5(6(17-14)15-2-4)20(18,19)16-3-8(12,13)7(10)11/h1-2,7,16H,3,14H2,(H,15,17). The number of hydrogen-bond donors (Lipinski definition) is 3. The maximum Gasteiger partial charge on any atom is 0.320 e. The lowest BCUT2D eigenvalue weighted by atomic mass is 10.4. The van der Waals surface area contributed by atoms with Crippen molar-refractivity contribution in [2.75, 3.05) is 12.0 Å². The molecule has 0 fully saturated rings. The normalized spacial score (nSPS) is 12.8. The Balaban J connectivity index is 3.03. The first-order valence-corrected chi connectivity index (χ1v) is 7.15. The molecule has 0 unspecified atom stereocenters. The summed E-state index contributed by atoms with van der Waals surface area (Å²) in [5, 5.41) is 0. The van der Waals surface area contributed by atoms with E-state index in [1.54, 1.807) is 0 Å². The first-order valence-electron chi connectivity index (χ1n) is 4.88. The molecule has 4 N–H and O–H groups in total. The fourth-order valence-electron chi connectivity index (χ4n) is 1.08. The summed E-state index contributed by atoms with van der Waals surface area (Å²) < 4.78 is 74.5. The Labute approximate surface area is 119 Å². The van der Waals surface area contributed by atoms with E-state index in [0.717, 1.165) is 6.07 Å². The predicted molar refractivity (Wildman–Crippen MR) is 65.9 cm³/mol. The highest BCUT2D eigenvalue weighted by molar-refractivity contribution is 9.10. The van der Waals surface area contributed by atoms with Gasteiger partial charge in [-0.15, -0.1) is 0 Å². The zero-order valence-corrected chi connectivity index (χ0v) is 12.0. The molecule has 0 saturated carbocycles. The van der Waals surface area contributed by atoms with Crippen LogP contribution in [0, 0.1) is 0 Å². The van der Waals surface area contributed by atoms with E-state index in [0.29, 0.717) is 0 Å². The molecule has 0 bridgehead atoms. The van der Waals surface area contributed by atoms with Gasteiger partial charge in [-0.1, -0.05) is 0 Å². The second-order valence-corrected chi connectivity index (χ2v) is 6.18. The number of anilines is 1. The smallest absolute Gasteiger partial charge is 0.307 e. The van der Waals surface area contributed by atoms with Gasteiger partial charge in [0.2, 0.25) is 10.0 Å². The Morgan fingerprint density at radius 3 is 2.55 bits per heavy atom. The predicted octanol–water partition coefficient (Wildman–Crippen LogP) is 1.31. The second-order valence-electron chi connectivity index (χ2n) is 3.53. The van der Waals surface area contributed by atoms with Crippen LogP contribution in [0.3, 0.4) is 0 Å². The number of aromatic nitrogens is 1. The highest BCUT2D eigenvalue weighted by atomic mass is 79.9. The molecule has 0 amide bonds. The lowest BCUT2D eigenvalue weighted by Gasteiger charge is -2.16. The van der Waals surface area contributed by atoms with Gasteiger partial charge in [-0.25, -0.2) is 32.7 Å². The van der Waals surface area contributed by atoms with Gasteiger partial charge in [0.25, 0.3) is 0 Å². The Hall–Kier alpha value is -0.980. The van der Waals surface area contributed by atoms with Gasteiger partial charge in [0, 0.05) is 10.7 Å². The summed E-state index contributed by atoms with van der Waals surface area (Å²) in [6.07, 6.45) is -2.78. The van der Waals surface area contributed by atoms with E-state index in [1.165, 1.54) is 10.9 Å². The molecule has 12 heteroatoms. The number of rotatable bonds is 6. The molecule has 1 aromatic heterocycles. The first-order chi connectivity index (χ1) is 9.10. The molecule has 0 aliphatic rings. The number of halogens is 5. The zero-order chi connectivity index (χ0) is 15.6. The van der Waals surface area contributed by atoms with Gasteiger partial charge in [0.1, 0.15) is 4.90 Å². The molecule has 20 heavy (non-hydrogen) atoms. The monoisotopic (exact) mass is 380 g/mol. The van der Waals surface area contributed by atoms with Crippen LogP contribution in [0.15, 0.2) is 21.6 Å². The van der Waals surface area contributed by atoms with E-state index in [9.17, 15) is 26.0 Å². The summed E-state index contributed by atoms with van der Waals surface area (Å²) in [5.74, 6) is 0.238. The number of nitrogen functional groups attached to an aromatic ring is 1. The minimum atomic E-state index is -4.49. The third kappa shape index (κ3) is 4.01. The molecule has 114 valence electrons. The van der Waals surface area contributed by atoms with Gasteiger partial charge in [0.15, 0.2) is 5.82 Å². The van der Waals surface area contributed by atoms with Gasteiger partial charge in [-0.3, -0.25) is 0 Å². The number of pyridine rings is 1. The van der Waals surface area contributed by atoms with Crippen molar-refractivity contribution >= 4 is 31.8 Å². The largest absolute Gasteiger partial charge is 0.320 e. The first kappa shape index (κ1) is 17.1. The second kappa shape index (κ2) is 6.20. The molecule has 0 aromatic carbocycles. The molecule has 1 rings (SSSR count). The third-order valence-electron chi connectivity index (χ3n) is 2.06. The average molecular weight is 381 g/mol. The van der Waals surface area contributed by atoms with Crippen LogP contribution in [0.2, 0.25) is 0 Å². The summed E-state index contributed by atoms with van der Waals surface area (Å²) in [7, 11) is -4.49. The molecule has 1 heterocycles. The molecule has 6 nitrogen and oxygen atoms in total. The topological polar surface area (TPSA) is 97.1 Å². The van der Waals surface area contributed by atoms with Crippen LogP contribution in [0.4, 0.5) is 23.4 Å². The lowest BCUT2D eigenvalue weighted by Crippen LogP contribution is -2.41. The minimum Gasteiger partial charge on any atom is -0.307 e. The summed E-state index contributed by atoms with van der Waals surface area (Å²) in [4.78, 5) is 3.05. The highest BCUT2D eigenvalue weighted by Crippen LogP contribution is 2.25. The van der Waals surface area contributed by atoms with Crippen molar-refractivity contribution in [3.63, 3.8) is 0 Å². The number of alkyl halides is 4. The van der Waals surface area contributed by atoms with Gasteiger partial charge in [0.05, 0.1) is 6.54 Å². The minimum absolute atomic E-state index is 0.234. The van der Waals surface area contributed by atoms with Crippen molar-refractivity contribution in [3.8, 4) is 0 Å². The number of sulfonamides is 1. The van der Waals surface area contributed by atoms with Crippen LogP contribution in [0.5, 0.6) is 0 Å². The maximum absolute atomic E-state index is 12.7. The van der Waals surface area contributed by atoms with Crippen LogP contribution in [-0.4, -0.2) is 32.3 Å². The summed E-state index contributed by atoms with van der Waals surface area (Å²) in [6.45, 7) is -1.75. The maximum atomic E-state index is 12.7. The number of nitrogens with two attached hydrogens (primary N) is 1. The van der Waals surface area contributed by atoms with Crippen molar-refractivity contribution in [3.05, 3.63) is 16.7 Å². The summed E-state index contributed by atoms with van der Waals surface area (Å²) >= 11 is 2.94. The van der Waals surface area contributed by atoms with E-state index in [4.69, 9.17) is 5.84 Å². The molecular formula is C8H9BrF4N4O2S. The zero-order valence-electron chi connectivity index (χ0n) is 9.58. The Morgan fingerprint density at radius 1 is 1.45 bits per heavy atom. The molecular weight excluding hydrogens is 372 g/mol. The van der Waals surface area contributed by atoms with Crippen molar-refractivity contribution in [2.45, 2.75) is 17.2 Å². The van der Waals surface area contributed by atoms with Crippen molar-refractivity contribution in [2.24, 2.45) is 5.84 Å². The summed E-state index contributed by atoms with van der Waals surface area (Å²) in [6, 6.07) is 1.03. The van der Waals surface area contributed by atoms with Crippen molar-refractivity contribution in [1.82, 2.24) is 9.71 Å². The fourth-order valence-corrected chi connectivity index (χ4v) is 2.75. The third-order valence-corrected chi connectivity index (χ3v) is 3.91. The number of nitrogens with one attached hydrogen (secondary N) is 2. The van der Waals surface area contributed by atoms with E-state index in [2.05, 4.69) is 20.9 Å². The van der Waals surface area contributed by atoms with Crippen LogP contribution in [0.1, 0.15) is 0 Å². The van der Waals surface area contributed by atoms with E-state index in [1.807, 2.05) is 5.43 Å². The SMILES string of the molecule is NNc1ncc(Br)cc1S(=O)(=O)NCC(F)(F)C(F)F. The number of hydrogen-bond acceptors (Lipinski definition) is 5. The van der Waals surface area contributed by atoms with Gasteiger partial charge < -0.3 is 5.43 Å². The van der Waals surface area contributed by atoms with E-state index in [-0.39, 0.29) is 10.3 Å². The molecule has 0 aliphatic carbocycles. The Bertz CT molecular complexity index is 584. The van der Waals surface area contributed by atoms with Gasteiger partial charge in [-0.05, 0) is 22.0 Å². The van der Waals surface area contributed by atoms with Crippen LogP contribution < -0.4 is 16.0 Å². The number of hydrazine groups is 1. The molecule has 0 atom stereocenters. The Kier molecular flexibility index (Phi) is 5.29. The van der Waals surface area contributed by atoms with Crippen LogP contribution in [-0.2, 0) is 10.0 Å². The molecule has 1 aromatic rings.